The number of likely N-dealkylation sites (N-methyl/N-ethyl adjacent to an activating group) is 1. The highest BCUT2D eigenvalue weighted by atomic mass is 32.1. The molecular formula is C33H30F2N6O6S. The van der Waals surface area contributed by atoms with Crippen molar-refractivity contribution in [3.05, 3.63) is 118 Å². The van der Waals surface area contributed by atoms with Crippen LogP contribution < -0.4 is 20.9 Å². The Morgan fingerprint density at radius 2 is 1.98 bits per heavy atom. The summed E-state index contributed by atoms with van der Waals surface area (Å²) in [5.74, 6) is -2.79. The van der Waals surface area contributed by atoms with E-state index in [1.807, 2.05) is 0 Å². The molecule has 0 aliphatic carbocycles. The predicted octanol–water partition coefficient (Wildman–Crippen LogP) is 4.51. The lowest BCUT2D eigenvalue weighted by molar-refractivity contribution is -0.123. The van der Waals surface area contributed by atoms with E-state index in [2.05, 4.69) is 20.6 Å². The number of carbonyl (C=O) groups is 3. The van der Waals surface area contributed by atoms with E-state index < -0.39 is 35.0 Å². The quantitative estimate of drug-likeness (QED) is 0.173. The van der Waals surface area contributed by atoms with Gasteiger partial charge in [0.25, 0.3) is 11.4 Å². The average Bonchev–Trinajstić information content (AvgIpc) is 3.74. The molecule has 0 fully saturated rings. The van der Waals surface area contributed by atoms with E-state index >= 15 is 0 Å². The molecule has 0 saturated carbocycles. The molecule has 0 spiro atoms. The van der Waals surface area contributed by atoms with Crippen LogP contribution in [0.15, 0.2) is 88.6 Å². The van der Waals surface area contributed by atoms with Crippen molar-refractivity contribution in [3.8, 4) is 5.75 Å². The van der Waals surface area contributed by atoms with Gasteiger partial charge in [0.2, 0.25) is 11.8 Å². The number of allylic oxidation sites excluding steroid dienone is 1. The number of hydrogen-bond acceptors (Lipinski definition) is 9. The van der Waals surface area contributed by atoms with Crippen molar-refractivity contribution in [2.24, 2.45) is 0 Å². The third kappa shape index (κ3) is 8.36. The van der Waals surface area contributed by atoms with Crippen LogP contribution in [0, 0.1) is 11.6 Å². The minimum atomic E-state index is -1.09. The Labute approximate surface area is 276 Å². The Hall–Kier alpha value is -5.70. The average molecular weight is 677 g/mol. The number of fused-ring (bicyclic) bond motifs is 1. The van der Waals surface area contributed by atoms with Gasteiger partial charge in [-0.2, -0.15) is 0 Å². The number of aromatic nitrogens is 3. The molecule has 0 aliphatic heterocycles. The number of carbonyl (C=O) groups excluding carboxylic acids is 3. The van der Waals surface area contributed by atoms with Crippen molar-refractivity contribution in [2.75, 3.05) is 19.4 Å². The fourth-order valence-corrected chi connectivity index (χ4v) is 5.52. The summed E-state index contributed by atoms with van der Waals surface area (Å²) in [6.07, 6.45) is 7.40. The molecular weight excluding hydrogens is 646 g/mol. The van der Waals surface area contributed by atoms with Gasteiger partial charge in [0.15, 0.2) is 0 Å². The van der Waals surface area contributed by atoms with Gasteiger partial charge in [-0.05, 0) is 55.3 Å². The molecule has 48 heavy (non-hydrogen) atoms. The largest absolute Gasteiger partial charge is 0.487 e. The molecule has 2 N–H and O–H groups in total. The molecule has 2 aromatic carbocycles. The number of nitrogens with zero attached hydrogens (tertiary/aromatic N) is 4. The molecule has 0 aliphatic rings. The van der Waals surface area contributed by atoms with E-state index in [0.29, 0.717) is 21.0 Å². The summed E-state index contributed by atoms with van der Waals surface area (Å²) in [4.78, 5) is 61.0. The first kappa shape index (κ1) is 33.7. The summed E-state index contributed by atoms with van der Waals surface area (Å²) in [5.41, 5.74) is 0.264. The van der Waals surface area contributed by atoms with E-state index in [-0.39, 0.29) is 49.0 Å². The molecule has 5 aromatic rings. The monoisotopic (exact) mass is 676 g/mol. The number of halogens is 2. The Morgan fingerprint density at radius 1 is 1.15 bits per heavy atom. The van der Waals surface area contributed by atoms with Crippen LogP contribution in [-0.4, -0.2) is 57.3 Å². The van der Waals surface area contributed by atoms with Crippen LogP contribution >= 0.6 is 11.3 Å². The maximum absolute atomic E-state index is 14.1. The standard InChI is InChI=1S/C33H30F2N6O6S/c1-40(2)28(42)11-4-3-7-24(38-31(44)32-36-14-16-46-32)30(43)39-25-9-6-15-41(33(25)45)18-27-37-23-8-5-10-26(29(23)48-27)47-19-20-12-13-21(34)17-22(20)35/h4-6,8-17,24H,3,7,18-19H2,1-2H3,(H,38,44)(H,39,43). The number of amides is 3. The van der Waals surface area contributed by atoms with Gasteiger partial charge in [0.05, 0.1) is 23.0 Å². The number of ether oxygens (including phenoxy) is 1. The molecule has 0 bridgehead atoms. The van der Waals surface area contributed by atoms with Crippen LogP contribution in [0.5, 0.6) is 5.75 Å². The van der Waals surface area contributed by atoms with Gasteiger partial charge in [0.1, 0.15) is 47.0 Å². The second kappa shape index (κ2) is 15.3. The Bertz CT molecular complexity index is 2020. The van der Waals surface area contributed by atoms with Crippen molar-refractivity contribution in [1.82, 2.24) is 24.8 Å². The zero-order valence-corrected chi connectivity index (χ0v) is 26.6. The van der Waals surface area contributed by atoms with Crippen LogP contribution in [0.2, 0.25) is 0 Å². The molecule has 5 rings (SSSR count). The summed E-state index contributed by atoms with van der Waals surface area (Å²) in [5, 5.41) is 5.73. The summed E-state index contributed by atoms with van der Waals surface area (Å²) in [6.45, 7) is -0.0490. The first-order chi connectivity index (χ1) is 23.1. The second-order valence-electron chi connectivity index (χ2n) is 10.7. The van der Waals surface area contributed by atoms with Gasteiger partial charge in [-0.1, -0.05) is 12.1 Å². The summed E-state index contributed by atoms with van der Waals surface area (Å²) in [6, 6.07) is 10.4. The first-order valence-corrected chi connectivity index (χ1v) is 15.4. The van der Waals surface area contributed by atoms with Gasteiger partial charge >= 0.3 is 5.91 Å². The molecule has 1 unspecified atom stereocenters. The highest BCUT2D eigenvalue weighted by Gasteiger charge is 2.24. The van der Waals surface area contributed by atoms with Crippen molar-refractivity contribution >= 4 is 45.0 Å². The number of hydrogen-bond donors (Lipinski definition) is 2. The highest BCUT2D eigenvalue weighted by Crippen LogP contribution is 2.32. The predicted molar refractivity (Wildman–Crippen MR) is 174 cm³/mol. The van der Waals surface area contributed by atoms with Crippen LogP contribution in [0.1, 0.15) is 34.1 Å². The molecule has 248 valence electrons. The van der Waals surface area contributed by atoms with Crippen LogP contribution in [-0.2, 0) is 22.7 Å². The Morgan fingerprint density at radius 3 is 2.73 bits per heavy atom. The van der Waals surface area contributed by atoms with Gasteiger partial charge in [-0.25, -0.2) is 18.7 Å². The van der Waals surface area contributed by atoms with E-state index in [1.54, 1.807) is 50.6 Å². The van der Waals surface area contributed by atoms with Crippen molar-refractivity contribution < 1.29 is 32.3 Å². The number of nitrogens with one attached hydrogen (secondary N) is 2. The van der Waals surface area contributed by atoms with Crippen LogP contribution in [0.25, 0.3) is 10.2 Å². The van der Waals surface area contributed by atoms with Crippen molar-refractivity contribution in [2.45, 2.75) is 32.0 Å². The fourth-order valence-electron chi connectivity index (χ4n) is 4.49. The lowest BCUT2D eigenvalue weighted by Crippen LogP contribution is -2.44. The number of oxazole rings is 1. The van der Waals surface area contributed by atoms with Crippen molar-refractivity contribution in [3.63, 3.8) is 0 Å². The summed E-state index contributed by atoms with van der Waals surface area (Å²) >= 11 is 1.28. The molecule has 3 aromatic heterocycles. The van der Waals surface area contributed by atoms with Crippen LogP contribution in [0.4, 0.5) is 14.5 Å². The zero-order valence-electron chi connectivity index (χ0n) is 25.8. The minimum absolute atomic E-state index is 0.0253. The molecule has 1 atom stereocenters. The molecule has 3 amide bonds. The van der Waals surface area contributed by atoms with E-state index in [1.165, 1.54) is 51.5 Å². The summed E-state index contributed by atoms with van der Waals surface area (Å²) < 4.78 is 40.3. The van der Waals surface area contributed by atoms with E-state index in [9.17, 15) is 28.0 Å². The van der Waals surface area contributed by atoms with Gasteiger partial charge in [0, 0.05) is 31.9 Å². The highest BCUT2D eigenvalue weighted by molar-refractivity contribution is 7.19. The Balaban J connectivity index is 1.29. The number of rotatable bonds is 13. The smallest absolute Gasteiger partial charge is 0.307 e. The van der Waals surface area contributed by atoms with Gasteiger partial charge < -0.3 is 29.3 Å². The third-order valence-electron chi connectivity index (χ3n) is 6.98. The molecule has 12 nitrogen and oxygen atoms in total. The number of thiazole rings is 1. The van der Waals surface area contributed by atoms with Gasteiger partial charge in [-0.3, -0.25) is 19.2 Å². The molecule has 3 heterocycles. The van der Waals surface area contributed by atoms with E-state index in [0.717, 1.165) is 12.1 Å². The maximum Gasteiger partial charge on any atom is 0.307 e. The molecule has 0 radical (unpaired) electrons. The normalized spacial score (nSPS) is 11.8. The maximum atomic E-state index is 14.1. The number of pyridine rings is 1. The topological polar surface area (TPSA) is 149 Å². The zero-order chi connectivity index (χ0) is 34.2. The van der Waals surface area contributed by atoms with E-state index in [4.69, 9.17) is 9.15 Å². The Kier molecular flexibility index (Phi) is 10.7. The third-order valence-corrected chi connectivity index (χ3v) is 8.05. The lowest BCUT2D eigenvalue weighted by atomic mass is 10.1. The van der Waals surface area contributed by atoms with Crippen LogP contribution in [0.3, 0.4) is 0 Å². The summed E-state index contributed by atoms with van der Waals surface area (Å²) in [7, 11) is 3.21. The first-order valence-electron chi connectivity index (χ1n) is 14.6. The molecule has 15 heteroatoms. The molecule has 0 saturated heterocycles. The number of anilines is 1. The SMILES string of the molecule is CN(C)C(=O)C=CCCC(NC(=O)c1ncco1)C(=O)Nc1cccn(Cc2nc3cccc(OCc4ccc(F)cc4F)c3s2)c1=O. The van der Waals surface area contributed by atoms with Crippen molar-refractivity contribution in [1.29, 1.82) is 0 Å². The lowest BCUT2D eigenvalue weighted by Gasteiger charge is -2.17. The number of benzene rings is 2. The fraction of sp³-hybridized carbons (Fsp3) is 0.212. The van der Waals surface area contributed by atoms with Gasteiger partial charge in [-0.15, -0.1) is 11.3 Å². The second-order valence-corrected chi connectivity index (χ2v) is 11.7. The minimum Gasteiger partial charge on any atom is -0.487 e.